The highest BCUT2D eigenvalue weighted by Crippen LogP contribution is 2.28. The minimum Gasteiger partial charge on any atom is -0.444 e. The molecule has 1 rings (SSSR count). The summed E-state index contributed by atoms with van der Waals surface area (Å²) < 4.78 is 5.29. The molecule has 2 N–H and O–H groups in total. The van der Waals surface area contributed by atoms with Crippen molar-refractivity contribution in [1.82, 2.24) is 15.5 Å². The Morgan fingerprint density at radius 2 is 1.51 bits per heavy atom. The molecule has 0 bridgehead atoms. The number of rotatable bonds is 14. The summed E-state index contributed by atoms with van der Waals surface area (Å²) in [5.41, 5.74) is 2.11. The molecule has 0 aliphatic heterocycles. The topological polar surface area (TPSA) is 87.7 Å². The van der Waals surface area contributed by atoms with Crippen LogP contribution < -0.4 is 10.6 Å². The van der Waals surface area contributed by atoms with Gasteiger partial charge in [0.2, 0.25) is 11.8 Å². The number of hydrogen-bond donors (Lipinski definition) is 2. The zero-order valence-electron chi connectivity index (χ0n) is 23.0. The second-order valence-electron chi connectivity index (χ2n) is 10.2. The quantitative estimate of drug-likeness (QED) is 0.334. The Balaban J connectivity index is 3.24. The van der Waals surface area contributed by atoms with E-state index in [1.165, 1.54) is 0 Å². The zero-order chi connectivity index (χ0) is 26.4. The number of benzene rings is 1. The third-order valence-electron chi connectivity index (χ3n) is 5.81. The largest absolute Gasteiger partial charge is 0.444 e. The number of nitrogens with zero attached hydrogens (tertiary/aromatic N) is 1. The van der Waals surface area contributed by atoms with Gasteiger partial charge in [0, 0.05) is 13.1 Å². The monoisotopic (exact) mass is 489 g/mol. The fourth-order valence-corrected chi connectivity index (χ4v) is 4.04. The molecule has 35 heavy (non-hydrogen) atoms. The van der Waals surface area contributed by atoms with E-state index in [2.05, 4.69) is 24.5 Å². The lowest BCUT2D eigenvalue weighted by Crippen LogP contribution is -2.48. The number of carbonyl (C=O) groups excluding carboxylic acids is 3. The first kappa shape index (κ1) is 30.5. The van der Waals surface area contributed by atoms with E-state index < -0.39 is 17.7 Å². The van der Waals surface area contributed by atoms with Crippen molar-refractivity contribution < 1.29 is 19.1 Å². The highest BCUT2D eigenvalue weighted by atomic mass is 16.6. The van der Waals surface area contributed by atoms with Crippen LogP contribution >= 0.6 is 0 Å². The average molecular weight is 490 g/mol. The number of hydrogen-bond acceptors (Lipinski definition) is 4. The lowest BCUT2D eigenvalue weighted by molar-refractivity contribution is -0.140. The first-order valence-corrected chi connectivity index (χ1v) is 13.1. The highest BCUT2D eigenvalue weighted by Gasteiger charge is 2.33. The molecule has 0 aliphatic rings. The normalized spacial score (nSPS) is 12.1. The maximum absolute atomic E-state index is 13.6. The SMILES string of the molecule is CCCCCCN(C(=O)CNC(=O)OC(C)(C)C)C(C(=O)NCCCCC)c1c(C)cccc1C. The molecule has 0 fully saturated rings. The van der Waals surface area contributed by atoms with Crippen molar-refractivity contribution in [2.45, 2.75) is 105 Å². The standard InChI is InChI=1S/C28H47N3O4/c1-8-10-12-14-19-31(23(32)20-30-27(34)35-28(5,6)7)25(26(33)29-18-13-11-9-2)24-21(3)16-15-17-22(24)4/h15-17,25H,8-14,18-20H2,1-7H3,(H,29,33)(H,30,34). The second kappa shape index (κ2) is 15.4. The summed E-state index contributed by atoms with van der Waals surface area (Å²) in [5, 5.41) is 5.63. The van der Waals surface area contributed by atoms with Gasteiger partial charge in [0.15, 0.2) is 0 Å². The van der Waals surface area contributed by atoms with Crippen LogP contribution in [-0.2, 0) is 14.3 Å². The third-order valence-corrected chi connectivity index (χ3v) is 5.81. The molecule has 3 amide bonds. The molecule has 0 aromatic heterocycles. The van der Waals surface area contributed by atoms with Crippen LogP contribution in [0, 0.1) is 13.8 Å². The summed E-state index contributed by atoms with van der Waals surface area (Å²) in [6, 6.07) is 5.14. The van der Waals surface area contributed by atoms with Crippen molar-refractivity contribution in [2.24, 2.45) is 0 Å². The van der Waals surface area contributed by atoms with Crippen LogP contribution in [0.25, 0.3) is 0 Å². The fraction of sp³-hybridized carbons (Fsp3) is 0.679. The van der Waals surface area contributed by atoms with Crippen molar-refractivity contribution in [1.29, 1.82) is 0 Å². The zero-order valence-corrected chi connectivity index (χ0v) is 23.0. The summed E-state index contributed by atoms with van der Waals surface area (Å²) >= 11 is 0. The van der Waals surface area contributed by atoms with Crippen LogP contribution in [0.15, 0.2) is 18.2 Å². The first-order valence-electron chi connectivity index (χ1n) is 13.1. The van der Waals surface area contributed by atoms with Gasteiger partial charge >= 0.3 is 6.09 Å². The minimum absolute atomic E-state index is 0.181. The van der Waals surface area contributed by atoms with E-state index in [-0.39, 0.29) is 18.4 Å². The molecule has 1 unspecified atom stereocenters. The van der Waals surface area contributed by atoms with Gasteiger partial charge in [0.1, 0.15) is 18.2 Å². The summed E-state index contributed by atoms with van der Waals surface area (Å²) in [6.07, 6.45) is 6.24. The molecule has 1 aromatic rings. The number of ether oxygens (including phenoxy) is 1. The molecule has 1 aromatic carbocycles. The Morgan fingerprint density at radius 1 is 0.914 bits per heavy atom. The van der Waals surface area contributed by atoms with E-state index in [4.69, 9.17) is 4.74 Å². The van der Waals surface area contributed by atoms with Crippen LogP contribution in [-0.4, -0.2) is 48.0 Å². The van der Waals surface area contributed by atoms with Gasteiger partial charge in [0.05, 0.1) is 0 Å². The van der Waals surface area contributed by atoms with E-state index in [0.717, 1.165) is 61.6 Å². The van der Waals surface area contributed by atoms with Crippen LogP contribution in [0.3, 0.4) is 0 Å². The van der Waals surface area contributed by atoms with Gasteiger partial charge in [-0.25, -0.2) is 4.79 Å². The molecule has 0 radical (unpaired) electrons. The molecule has 0 spiro atoms. The van der Waals surface area contributed by atoms with Gasteiger partial charge in [-0.2, -0.15) is 0 Å². The van der Waals surface area contributed by atoms with Crippen LogP contribution in [0.5, 0.6) is 0 Å². The summed E-state index contributed by atoms with van der Waals surface area (Å²) in [4.78, 5) is 40.8. The second-order valence-corrected chi connectivity index (χ2v) is 10.2. The molecule has 7 nitrogen and oxygen atoms in total. The highest BCUT2D eigenvalue weighted by molar-refractivity contribution is 5.91. The van der Waals surface area contributed by atoms with E-state index in [0.29, 0.717) is 13.1 Å². The van der Waals surface area contributed by atoms with Gasteiger partial charge in [-0.3, -0.25) is 9.59 Å². The van der Waals surface area contributed by atoms with Crippen molar-refractivity contribution in [2.75, 3.05) is 19.6 Å². The summed E-state index contributed by atoms with van der Waals surface area (Å²) in [6.45, 7) is 14.3. The first-order chi connectivity index (χ1) is 16.5. The summed E-state index contributed by atoms with van der Waals surface area (Å²) in [5.74, 6) is -0.483. The van der Waals surface area contributed by atoms with Crippen molar-refractivity contribution in [3.05, 3.63) is 34.9 Å². The number of alkyl carbamates (subject to hydrolysis) is 1. The van der Waals surface area contributed by atoms with Gasteiger partial charge < -0.3 is 20.3 Å². The molecule has 0 aliphatic carbocycles. The van der Waals surface area contributed by atoms with Crippen LogP contribution in [0.1, 0.15) is 102 Å². The molecule has 1 atom stereocenters. The molecule has 198 valence electrons. The Hall–Kier alpha value is -2.57. The van der Waals surface area contributed by atoms with Gasteiger partial charge in [-0.1, -0.05) is 64.2 Å². The van der Waals surface area contributed by atoms with Gasteiger partial charge in [-0.15, -0.1) is 0 Å². The molecule has 0 saturated carbocycles. The fourth-order valence-electron chi connectivity index (χ4n) is 4.04. The minimum atomic E-state index is -0.757. The van der Waals surface area contributed by atoms with Gasteiger partial charge in [-0.05, 0) is 64.2 Å². The Morgan fingerprint density at radius 3 is 2.09 bits per heavy atom. The third kappa shape index (κ3) is 11.1. The molecular weight excluding hydrogens is 442 g/mol. The lowest BCUT2D eigenvalue weighted by atomic mass is 9.93. The molecular formula is C28H47N3O4. The maximum atomic E-state index is 13.6. The Kier molecular flexibility index (Phi) is 13.4. The Bertz CT molecular complexity index is 797. The van der Waals surface area contributed by atoms with Gasteiger partial charge in [0.25, 0.3) is 0 Å². The number of unbranched alkanes of at least 4 members (excludes halogenated alkanes) is 5. The summed E-state index contributed by atoms with van der Waals surface area (Å²) in [7, 11) is 0. The average Bonchev–Trinajstić information content (AvgIpc) is 2.77. The number of nitrogens with one attached hydrogen (secondary N) is 2. The van der Waals surface area contributed by atoms with Crippen molar-refractivity contribution in [3.8, 4) is 0 Å². The van der Waals surface area contributed by atoms with Crippen molar-refractivity contribution in [3.63, 3.8) is 0 Å². The number of carbonyl (C=O) groups is 3. The smallest absolute Gasteiger partial charge is 0.408 e. The Labute approximate surface area is 212 Å². The lowest BCUT2D eigenvalue weighted by Gasteiger charge is -2.33. The predicted octanol–water partition coefficient (Wildman–Crippen LogP) is 5.58. The van der Waals surface area contributed by atoms with E-state index >= 15 is 0 Å². The molecule has 7 heteroatoms. The van der Waals surface area contributed by atoms with E-state index in [1.54, 1.807) is 25.7 Å². The van der Waals surface area contributed by atoms with E-state index in [9.17, 15) is 14.4 Å². The van der Waals surface area contributed by atoms with E-state index in [1.807, 2.05) is 32.0 Å². The molecule has 0 saturated heterocycles. The van der Waals surface area contributed by atoms with Crippen LogP contribution in [0.4, 0.5) is 4.79 Å². The van der Waals surface area contributed by atoms with Crippen LogP contribution in [0.2, 0.25) is 0 Å². The number of aryl methyl sites for hydroxylation is 2. The maximum Gasteiger partial charge on any atom is 0.408 e. The van der Waals surface area contributed by atoms with Crippen molar-refractivity contribution >= 4 is 17.9 Å². The number of amides is 3. The molecule has 0 heterocycles. The predicted molar refractivity (Wildman–Crippen MR) is 141 cm³/mol.